The SMILES string of the molecule is CN(Cc1ccccc1Br)C(=O)CCCn1c(=O)oc2ccccc21. The lowest BCUT2D eigenvalue weighted by Crippen LogP contribution is -2.26. The normalized spacial score (nSPS) is 11.0. The van der Waals surface area contributed by atoms with Crippen molar-refractivity contribution in [3.63, 3.8) is 0 Å². The van der Waals surface area contributed by atoms with Gasteiger partial charge >= 0.3 is 5.76 Å². The second kappa shape index (κ2) is 7.70. The monoisotopic (exact) mass is 402 g/mol. The Morgan fingerprint density at radius 1 is 1.16 bits per heavy atom. The number of halogens is 1. The van der Waals surface area contributed by atoms with E-state index < -0.39 is 0 Å². The molecule has 0 spiro atoms. The average molecular weight is 403 g/mol. The Bertz CT molecular complexity index is 945. The summed E-state index contributed by atoms with van der Waals surface area (Å²) in [6, 6.07) is 15.2. The van der Waals surface area contributed by atoms with Gasteiger partial charge in [-0.25, -0.2) is 4.79 Å². The van der Waals surface area contributed by atoms with E-state index in [0.717, 1.165) is 15.6 Å². The molecule has 2 aromatic carbocycles. The Morgan fingerprint density at radius 2 is 1.88 bits per heavy atom. The van der Waals surface area contributed by atoms with Crippen molar-refractivity contribution in [2.75, 3.05) is 7.05 Å². The van der Waals surface area contributed by atoms with Crippen LogP contribution in [0, 0.1) is 0 Å². The predicted octanol–water partition coefficient (Wildman–Crippen LogP) is 3.80. The summed E-state index contributed by atoms with van der Waals surface area (Å²) in [5.74, 6) is -0.327. The lowest BCUT2D eigenvalue weighted by Gasteiger charge is -2.18. The van der Waals surface area contributed by atoms with E-state index in [1.807, 2.05) is 42.5 Å². The minimum Gasteiger partial charge on any atom is -0.408 e. The maximum Gasteiger partial charge on any atom is 0.419 e. The molecule has 0 radical (unpaired) electrons. The number of aryl methyl sites for hydroxylation is 1. The van der Waals surface area contributed by atoms with Gasteiger partial charge in [0, 0.05) is 31.0 Å². The molecule has 0 atom stereocenters. The molecule has 0 saturated carbocycles. The summed E-state index contributed by atoms with van der Waals surface area (Å²) in [6.45, 7) is 1.01. The molecule has 0 aliphatic heterocycles. The minimum absolute atomic E-state index is 0.0524. The largest absolute Gasteiger partial charge is 0.419 e. The van der Waals surface area contributed by atoms with E-state index in [9.17, 15) is 9.59 Å². The van der Waals surface area contributed by atoms with Gasteiger partial charge in [-0.3, -0.25) is 9.36 Å². The molecular formula is C19H19BrN2O3. The van der Waals surface area contributed by atoms with Crippen molar-refractivity contribution >= 4 is 32.9 Å². The van der Waals surface area contributed by atoms with E-state index in [0.29, 0.717) is 31.5 Å². The van der Waals surface area contributed by atoms with Gasteiger partial charge < -0.3 is 9.32 Å². The van der Waals surface area contributed by atoms with Crippen LogP contribution < -0.4 is 5.76 Å². The number of fused-ring (bicyclic) bond motifs is 1. The van der Waals surface area contributed by atoms with E-state index in [2.05, 4.69) is 15.9 Å². The highest BCUT2D eigenvalue weighted by molar-refractivity contribution is 9.10. The molecule has 0 aliphatic carbocycles. The number of oxazole rings is 1. The van der Waals surface area contributed by atoms with Crippen LogP contribution in [-0.2, 0) is 17.9 Å². The fourth-order valence-electron chi connectivity index (χ4n) is 2.78. The first-order chi connectivity index (χ1) is 12.1. The highest BCUT2D eigenvalue weighted by Gasteiger charge is 2.12. The molecule has 0 unspecified atom stereocenters. The molecule has 5 nitrogen and oxygen atoms in total. The number of para-hydroxylation sites is 2. The fourth-order valence-corrected chi connectivity index (χ4v) is 3.19. The van der Waals surface area contributed by atoms with Crippen molar-refractivity contribution in [2.24, 2.45) is 0 Å². The van der Waals surface area contributed by atoms with Gasteiger partial charge in [0.1, 0.15) is 0 Å². The summed E-state index contributed by atoms with van der Waals surface area (Å²) in [7, 11) is 1.79. The summed E-state index contributed by atoms with van der Waals surface area (Å²) in [5, 5.41) is 0. The zero-order valence-electron chi connectivity index (χ0n) is 13.9. The molecule has 1 aromatic heterocycles. The van der Waals surface area contributed by atoms with Crippen LogP contribution in [0.3, 0.4) is 0 Å². The van der Waals surface area contributed by atoms with Gasteiger partial charge in [0.05, 0.1) is 5.52 Å². The molecule has 0 aliphatic rings. The van der Waals surface area contributed by atoms with Crippen molar-refractivity contribution in [3.8, 4) is 0 Å². The minimum atomic E-state index is -0.379. The Balaban J connectivity index is 1.58. The number of benzene rings is 2. The molecule has 25 heavy (non-hydrogen) atoms. The summed E-state index contributed by atoms with van der Waals surface area (Å²) in [5.41, 5.74) is 2.40. The fraction of sp³-hybridized carbons (Fsp3) is 0.263. The quantitative estimate of drug-likeness (QED) is 0.629. The van der Waals surface area contributed by atoms with Gasteiger partial charge in [0.2, 0.25) is 5.91 Å². The molecule has 0 saturated heterocycles. The topological polar surface area (TPSA) is 55.5 Å². The lowest BCUT2D eigenvalue weighted by atomic mass is 10.2. The average Bonchev–Trinajstić information content (AvgIpc) is 2.92. The number of nitrogens with zero attached hydrogens (tertiary/aromatic N) is 2. The van der Waals surface area contributed by atoms with Crippen LogP contribution in [0.15, 0.2) is 62.2 Å². The molecule has 1 heterocycles. The van der Waals surface area contributed by atoms with E-state index in [1.54, 1.807) is 22.6 Å². The molecule has 130 valence electrons. The van der Waals surface area contributed by atoms with Crippen LogP contribution in [0.2, 0.25) is 0 Å². The Morgan fingerprint density at radius 3 is 2.68 bits per heavy atom. The Hall–Kier alpha value is -2.34. The molecular weight excluding hydrogens is 384 g/mol. The van der Waals surface area contributed by atoms with Crippen LogP contribution in [0.5, 0.6) is 0 Å². The number of rotatable bonds is 6. The second-order valence-electron chi connectivity index (χ2n) is 5.93. The summed E-state index contributed by atoms with van der Waals surface area (Å²) >= 11 is 3.50. The van der Waals surface area contributed by atoms with Gasteiger partial charge in [0.25, 0.3) is 0 Å². The first-order valence-corrected chi connectivity index (χ1v) is 8.91. The van der Waals surface area contributed by atoms with Crippen LogP contribution in [0.1, 0.15) is 18.4 Å². The van der Waals surface area contributed by atoms with Crippen LogP contribution in [0.4, 0.5) is 0 Å². The van der Waals surface area contributed by atoms with Gasteiger partial charge in [-0.15, -0.1) is 0 Å². The summed E-state index contributed by atoms with van der Waals surface area (Å²) in [4.78, 5) is 26.0. The maximum atomic E-state index is 12.3. The number of hydrogen-bond donors (Lipinski definition) is 0. The van der Waals surface area contributed by atoms with E-state index in [4.69, 9.17) is 4.42 Å². The lowest BCUT2D eigenvalue weighted by molar-refractivity contribution is -0.130. The smallest absolute Gasteiger partial charge is 0.408 e. The molecule has 0 fully saturated rings. The van der Waals surface area contributed by atoms with E-state index in [1.165, 1.54) is 0 Å². The van der Waals surface area contributed by atoms with E-state index >= 15 is 0 Å². The third-order valence-electron chi connectivity index (χ3n) is 4.14. The number of hydrogen-bond acceptors (Lipinski definition) is 3. The third kappa shape index (κ3) is 4.02. The molecule has 0 bridgehead atoms. The van der Waals surface area contributed by atoms with Crippen molar-refractivity contribution < 1.29 is 9.21 Å². The zero-order valence-corrected chi connectivity index (χ0v) is 15.5. The van der Waals surface area contributed by atoms with Gasteiger partial charge in [-0.2, -0.15) is 0 Å². The van der Waals surface area contributed by atoms with Crippen LogP contribution >= 0.6 is 15.9 Å². The second-order valence-corrected chi connectivity index (χ2v) is 6.79. The molecule has 3 rings (SSSR count). The highest BCUT2D eigenvalue weighted by atomic mass is 79.9. The first-order valence-electron chi connectivity index (χ1n) is 8.12. The van der Waals surface area contributed by atoms with Crippen molar-refractivity contribution in [2.45, 2.75) is 25.9 Å². The maximum absolute atomic E-state index is 12.3. The highest BCUT2D eigenvalue weighted by Crippen LogP contribution is 2.18. The van der Waals surface area contributed by atoms with Gasteiger partial charge in [-0.05, 0) is 30.2 Å². The van der Waals surface area contributed by atoms with Crippen LogP contribution in [0.25, 0.3) is 11.1 Å². The van der Waals surface area contributed by atoms with Crippen molar-refractivity contribution in [1.82, 2.24) is 9.47 Å². The van der Waals surface area contributed by atoms with Gasteiger partial charge in [-0.1, -0.05) is 46.3 Å². The molecule has 0 N–H and O–H groups in total. The predicted molar refractivity (Wildman–Crippen MR) is 100 cm³/mol. The number of carbonyl (C=O) groups is 1. The standard InChI is InChI=1S/C19H19BrN2O3/c1-21(13-14-7-2-3-8-15(14)20)18(23)11-6-12-22-16-9-4-5-10-17(16)25-19(22)24/h2-5,7-10H,6,11-13H2,1H3. The van der Waals surface area contributed by atoms with E-state index in [-0.39, 0.29) is 11.7 Å². The molecule has 1 amide bonds. The summed E-state index contributed by atoms with van der Waals surface area (Å²) in [6.07, 6.45) is 0.968. The van der Waals surface area contributed by atoms with Gasteiger partial charge in [0.15, 0.2) is 5.58 Å². The number of aromatic nitrogens is 1. The molecule has 3 aromatic rings. The van der Waals surface area contributed by atoms with Crippen LogP contribution in [-0.4, -0.2) is 22.4 Å². The number of amides is 1. The molecule has 6 heteroatoms. The zero-order chi connectivity index (χ0) is 17.8. The van der Waals surface area contributed by atoms with Crippen molar-refractivity contribution in [3.05, 3.63) is 69.1 Å². The number of carbonyl (C=O) groups excluding carboxylic acids is 1. The first kappa shape index (κ1) is 17.5. The summed E-state index contributed by atoms with van der Waals surface area (Å²) < 4.78 is 7.77. The van der Waals surface area contributed by atoms with Crippen molar-refractivity contribution in [1.29, 1.82) is 0 Å². The Labute approximate surface area is 154 Å². The third-order valence-corrected chi connectivity index (χ3v) is 4.91. The Kier molecular flexibility index (Phi) is 5.38.